The van der Waals surface area contributed by atoms with E-state index in [1.165, 1.54) is 0 Å². The maximum atomic E-state index is 13.6. The zero-order valence-corrected chi connectivity index (χ0v) is 22.1. The minimum Gasteiger partial charge on any atom is -0.497 e. The Hall–Kier alpha value is -4.26. The Balaban J connectivity index is 1.52. The van der Waals surface area contributed by atoms with Crippen molar-refractivity contribution in [3.63, 3.8) is 0 Å². The van der Waals surface area contributed by atoms with Crippen molar-refractivity contribution in [2.24, 2.45) is 0 Å². The molecule has 4 aromatic rings. The van der Waals surface area contributed by atoms with Gasteiger partial charge in [-0.05, 0) is 53.9 Å². The number of rotatable bonds is 11. The molecule has 0 spiro atoms. The predicted octanol–water partition coefficient (Wildman–Crippen LogP) is 6.41. The van der Waals surface area contributed by atoms with E-state index >= 15 is 0 Å². The van der Waals surface area contributed by atoms with Crippen LogP contribution in [0.25, 0.3) is 11.3 Å². The Labute approximate surface area is 223 Å². The van der Waals surface area contributed by atoms with Gasteiger partial charge in [-0.1, -0.05) is 56.2 Å². The summed E-state index contributed by atoms with van der Waals surface area (Å²) in [6.07, 6.45) is 3.07. The third kappa shape index (κ3) is 4.96. The highest BCUT2D eigenvalue weighted by molar-refractivity contribution is 6.00. The van der Waals surface area contributed by atoms with Gasteiger partial charge in [0.05, 0.1) is 26.0 Å². The number of hydrogen-bond donors (Lipinski definition) is 1. The lowest BCUT2D eigenvalue weighted by molar-refractivity contribution is 0.0740. The van der Waals surface area contributed by atoms with E-state index in [4.69, 9.17) is 14.2 Å². The van der Waals surface area contributed by atoms with Crippen molar-refractivity contribution in [1.82, 2.24) is 15.1 Å². The van der Waals surface area contributed by atoms with E-state index in [0.29, 0.717) is 30.3 Å². The van der Waals surface area contributed by atoms with E-state index in [0.717, 1.165) is 53.0 Å². The number of aromatic amines is 1. The van der Waals surface area contributed by atoms with Crippen LogP contribution in [0, 0.1) is 0 Å². The third-order valence-corrected chi connectivity index (χ3v) is 6.97. The molecule has 0 aliphatic carbocycles. The van der Waals surface area contributed by atoms with Crippen LogP contribution in [0.3, 0.4) is 0 Å². The summed E-state index contributed by atoms with van der Waals surface area (Å²) < 4.78 is 17.2. The lowest BCUT2D eigenvalue weighted by Gasteiger charge is -2.27. The molecule has 1 atom stereocenters. The van der Waals surface area contributed by atoms with Crippen LogP contribution in [0.5, 0.6) is 17.2 Å². The molecule has 0 saturated carbocycles. The van der Waals surface area contributed by atoms with Gasteiger partial charge in [0.1, 0.15) is 18.1 Å². The molecule has 7 heteroatoms. The standard InChI is InChI=1S/C31H33N3O4/c1-4-5-9-18-34-30(23-14-17-25(26(19-23)37-3)38-20-21-10-7-6-8-11-21)27-28(32-33-29(27)31(34)35)22-12-15-24(36-2)16-13-22/h6-8,10-17,19,30H,4-5,9,18,20H2,1-3H3,(H,32,33). The number of ether oxygens (including phenoxy) is 3. The maximum absolute atomic E-state index is 13.6. The lowest BCUT2D eigenvalue weighted by atomic mass is 9.95. The van der Waals surface area contributed by atoms with Crippen LogP contribution in [0.2, 0.25) is 0 Å². The second kappa shape index (κ2) is 11.4. The monoisotopic (exact) mass is 511 g/mol. The minimum atomic E-state index is -0.290. The highest BCUT2D eigenvalue weighted by Crippen LogP contribution is 2.45. The molecular formula is C31H33N3O4. The van der Waals surface area contributed by atoms with E-state index < -0.39 is 0 Å². The number of methoxy groups -OCH3 is 2. The molecule has 1 aromatic heterocycles. The van der Waals surface area contributed by atoms with Gasteiger partial charge in [0.25, 0.3) is 5.91 Å². The average Bonchev–Trinajstić information content (AvgIpc) is 3.51. The topological polar surface area (TPSA) is 76.7 Å². The second-order valence-corrected chi connectivity index (χ2v) is 9.38. The zero-order valence-electron chi connectivity index (χ0n) is 22.1. The Morgan fingerprint density at radius 3 is 2.42 bits per heavy atom. The lowest BCUT2D eigenvalue weighted by Crippen LogP contribution is -2.30. The second-order valence-electron chi connectivity index (χ2n) is 9.38. The minimum absolute atomic E-state index is 0.0308. The summed E-state index contributed by atoms with van der Waals surface area (Å²) in [4.78, 5) is 15.5. The number of aromatic nitrogens is 2. The molecule has 1 unspecified atom stereocenters. The van der Waals surface area contributed by atoms with Gasteiger partial charge in [0.2, 0.25) is 0 Å². The zero-order chi connectivity index (χ0) is 26.5. The summed E-state index contributed by atoms with van der Waals surface area (Å²) in [5, 5.41) is 7.61. The summed E-state index contributed by atoms with van der Waals surface area (Å²) in [5.41, 5.74) is 5.15. The van der Waals surface area contributed by atoms with Gasteiger partial charge in [-0.25, -0.2) is 0 Å². The van der Waals surface area contributed by atoms with E-state index in [1.54, 1.807) is 14.2 Å². The van der Waals surface area contributed by atoms with Crippen molar-refractivity contribution >= 4 is 5.91 Å². The number of unbranched alkanes of at least 4 members (excludes halogenated alkanes) is 2. The van der Waals surface area contributed by atoms with Crippen LogP contribution in [0.1, 0.15) is 59.4 Å². The largest absolute Gasteiger partial charge is 0.497 e. The van der Waals surface area contributed by atoms with Gasteiger partial charge in [-0.3, -0.25) is 9.89 Å². The SMILES string of the molecule is CCCCCN1C(=O)c2[nH]nc(-c3ccc(OC)cc3)c2C1c1ccc(OCc2ccccc2)c(OC)c1. The first-order valence-electron chi connectivity index (χ1n) is 13.0. The molecule has 38 heavy (non-hydrogen) atoms. The van der Waals surface area contributed by atoms with Gasteiger partial charge in [-0.15, -0.1) is 0 Å². The summed E-state index contributed by atoms with van der Waals surface area (Å²) >= 11 is 0. The fraction of sp³-hybridized carbons (Fsp3) is 0.290. The van der Waals surface area contributed by atoms with Crippen LogP contribution in [0.4, 0.5) is 0 Å². The van der Waals surface area contributed by atoms with Crippen molar-refractivity contribution in [1.29, 1.82) is 0 Å². The molecule has 0 saturated heterocycles. The van der Waals surface area contributed by atoms with Crippen molar-refractivity contribution in [2.75, 3.05) is 20.8 Å². The summed E-state index contributed by atoms with van der Waals surface area (Å²) in [5.74, 6) is 2.02. The van der Waals surface area contributed by atoms with E-state index in [9.17, 15) is 4.79 Å². The van der Waals surface area contributed by atoms with Gasteiger partial charge in [-0.2, -0.15) is 5.10 Å². The number of benzene rings is 3. The summed E-state index contributed by atoms with van der Waals surface area (Å²) in [7, 11) is 3.28. The van der Waals surface area contributed by atoms with E-state index in [1.807, 2.05) is 77.7 Å². The van der Waals surface area contributed by atoms with Gasteiger partial charge >= 0.3 is 0 Å². The molecule has 1 N–H and O–H groups in total. The molecule has 1 amide bonds. The first-order chi connectivity index (χ1) is 18.6. The Bertz CT molecular complexity index is 1380. The maximum Gasteiger partial charge on any atom is 0.273 e. The number of carbonyl (C=O) groups excluding carboxylic acids is 1. The molecule has 5 rings (SSSR count). The van der Waals surface area contributed by atoms with Crippen LogP contribution in [-0.4, -0.2) is 41.8 Å². The number of amides is 1. The first-order valence-corrected chi connectivity index (χ1v) is 13.0. The quantitative estimate of drug-likeness (QED) is 0.236. The van der Waals surface area contributed by atoms with E-state index in [-0.39, 0.29) is 11.9 Å². The summed E-state index contributed by atoms with van der Waals surface area (Å²) in [6, 6.07) is 23.4. The smallest absolute Gasteiger partial charge is 0.273 e. The third-order valence-electron chi connectivity index (χ3n) is 6.97. The van der Waals surface area contributed by atoms with E-state index in [2.05, 4.69) is 17.1 Å². The fourth-order valence-electron chi connectivity index (χ4n) is 4.98. The van der Waals surface area contributed by atoms with Crippen molar-refractivity contribution in [3.8, 4) is 28.5 Å². The average molecular weight is 512 g/mol. The molecule has 0 bridgehead atoms. The first kappa shape index (κ1) is 25.4. The Kier molecular flexibility index (Phi) is 7.63. The Morgan fingerprint density at radius 2 is 1.71 bits per heavy atom. The van der Waals surface area contributed by atoms with Crippen LogP contribution < -0.4 is 14.2 Å². The number of fused-ring (bicyclic) bond motifs is 1. The van der Waals surface area contributed by atoms with Crippen molar-refractivity contribution < 1.29 is 19.0 Å². The highest BCUT2D eigenvalue weighted by atomic mass is 16.5. The molecule has 1 aliphatic heterocycles. The Morgan fingerprint density at radius 1 is 0.921 bits per heavy atom. The number of nitrogens with zero attached hydrogens (tertiary/aromatic N) is 2. The molecule has 0 fully saturated rings. The molecular weight excluding hydrogens is 478 g/mol. The predicted molar refractivity (Wildman–Crippen MR) is 147 cm³/mol. The molecule has 1 aliphatic rings. The van der Waals surface area contributed by atoms with Gasteiger partial charge in [0.15, 0.2) is 11.5 Å². The van der Waals surface area contributed by atoms with Gasteiger partial charge in [0, 0.05) is 17.7 Å². The van der Waals surface area contributed by atoms with Crippen LogP contribution in [0.15, 0.2) is 72.8 Å². The van der Waals surface area contributed by atoms with Crippen LogP contribution >= 0.6 is 0 Å². The molecule has 0 radical (unpaired) electrons. The molecule has 196 valence electrons. The van der Waals surface area contributed by atoms with Crippen molar-refractivity contribution in [2.45, 2.75) is 38.8 Å². The molecule has 3 aromatic carbocycles. The number of nitrogens with one attached hydrogen (secondary N) is 1. The molecule has 2 heterocycles. The highest BCUT2D eigenvalue weighted by Gasteiger charge is 2.42. The number of carbonyl (C=O) groups is 1. The summed E-state index contributed by atoms with van der Waals surface area (Å²) in [6.45, 7) is 3.27. The normalized spacial score (nSPS) is 14.4. The number of H-pyrrole nitrogens is 1. The molecule has 7 nitrogen and oxygen atoms in total. The van der Waals surface area contributed by atoms with Gasteiger partial charge < -0.3 is 19.1 Å². The van der Waals surface area contributed by atoms with Crippen LogP contribution in [-0.2, 0) is 6.61 Å². The fourth-order valence-corrected chi connectivity index (χ4v) is 4.98. The van der Waals surface area contributed by atoms with Crippen molar-refractivity contribution in [3.05, 3.63) is 95.2 Å². The number of hydrogen-bond acceptors (Lipinski definition) is 5.